The van der Waals surface area contributed by atoms with Gasteiger partial charge in [-0.2, -0.15) is 20.4 Å². The van der Waals surface area contributed by atoms with E-state index in [9.17, 15) is 9.59 Å². The molecule has 1 atom stereocenters. The number of morpholine rings is 1. The first-order valence-corrected chi connectivity index (χ1v) is 15.9. The van der Waals surface area contributed by atoms with Crippen LogP contribution in [0, 0.1) is 11.7 Å². The molecule has 2 saturated heterocycles. The number of benzene rings is 1. The van der Waals surface area contributed by atoms with E-state index in [-0.39, 0.29) is 18.1 Å². The van der Waals surface area contributed by atoms with E-state index in [0.717, 1.165) is 62.3 Å². The molecule has 0 bridgehead atoms. The summed E-state index contributed by atoms with van der Waals surface area (Å²) in [5, 5.41) is 24.2. The van der Waals surface area contributed by atoms with Gasteiger partial charge in [0.2, 0.25) is 5.91 Å². The Morgan fingerprint density at radius 1 is 0.913 bits per heavy atom. The van der Waals surface area contributed by atoms with Crippen LogP contribution < -0.4 is 10.2 Å². The molecule has 0 radical (unpaired) electrons. The number of hydrogen-bond donors (Lipinski definition) is 2. The second kappa shape index (κ2) is 11.8. The standard InChI is InChI=1S/C32H35FN10O3/c33-26-5-6-27-25(16-37-43(27)28-7-8-29(44)38-32(28)45)30(26)22-14-35-41(18-22)17-20-1-3-23(4-2-20)42-19-21(13-36-42)24-15-34-39-31(24)40-9-11-46-12-10-40/h5-6,13-16,18-20,23,28H,1-4,7-12,17H2,(H,34,39)(H,38,44,45). The number of halogens is 1. The predicted octanol–water partition coefficient (Wildman–Crippen LogP) is 3.87. The summed E-state index contributed by atoms with van der Waals surface area (Å²) in [6, 6.07) is 2.76. The molecule has 2 amide bonds. The average Bonchev–Trinajstić information content (AvgIpc) is 3.89. The summed E-state index contributed by atoms with van der Waals surface area (Å²) in [4.78, 5) is 26.4. The minimum atomic E-state index is -0.613. The van der Waals surface area contributed by atoms with Crippen molar-refractivity contribution in [3.05, 3.63) is 55.1 Å². The van der Waals surface area contributed by atoms with Gasteiger partial charge in [-0.05, 0) is 50.2 Å². The number of carbonyl (C=O) groups excluding carboxylic acids is 2. The summed E-state index contributed by atoms with van der Waals surface area (Å²) >= 11 is 0. The lowest BCUT2D eigenvalue weighted by Crippen LogP contribution is -2.42. The van der Waals surface area contributed by atoms with Crippen LogP contribution in [-0.4, -0.2) is 77.7 Å². The number of hydrogen-bond acceptors (Lipinski definition) is 8. The van der Waals surface area contributed by atoms with Crippen LogP contribution in [0.15, 0.2) is 49.3 Å². The number of nitrogens with one attached hydrogen (secondary N) is 2. The summed E-state index contributed by atoms with van der Waals surface area (Å²) in [5.41, 5.74) is 3.84. The predicted molar refractivity (Wildman–Crippen MR) is 166 cm³/mol. The molecule has 2 N–H and O–H groups in total. The van der Waals surface area contributed by atoms with Crippen LogP contribution in [0.5, 0.6) is 0 Å². The molecule has 5 aromatic rings. The van der Waals surface area contributed by atoms with Gasteiger partial charge in [0, 0.05) is 66.1 Å². The number of aromatic amines is 1. The summed E-state index contributed by atoms with van der Waals surface area (Å²) in [7, 11) is 0. The van der Waals surface area contributed by atoms with Gasteiger partial charge in [-0.1, -0.05) is 0 Å². The molecule has 1 saturated carbocycles. The van der Waals surface area contributed by atoms with Gasteiger partial charge in [0.1, 0.15) is 17.7 Å². The van der Waals surface area contributed by atoms with Crippen molar-refractivity contribution in [1.29, 1.82) is 0 Å². The third kappa shape index (κ3) is 5.25. The Morgan fingerprint density at radius 3 is 2.57 bits per heavy atom. The Bertz CT molecular complexity index is 1890. The van der Waals surface area contributed by atoms with Crippen molar-refractivity contribution in [2.24, 2.45) is 5.92 Å². The van der Waals surface area contributed by atoms with Crippen LogP contribution in [0.4, 0.5) is 10.2 Å². The molecular weight excluding hydrogens is 591 g/mol. The Labute approximate surface area is 263 Å². The van der Waals surface area contributed by atoms with Crippen LogP contribution >= 0.6 is 0 Å². The molecular formula is C32H35FN10O3. The maximum Gasteiger partial charge on any atom is 0.251 e. The van der Waals surface area contributed by atoms with Crippen LogP contribution in [0.1, 0.15) is 50.6 Å². The van der Waals surface area contributed by atoms with E-state index in [1.807, 2.05) is 23.3 Å². The lowest BCUT2D eigenvalue weighted by molar-refractivity contribution is -0.135. The van der Waals surface area contributed by atoms with Gasteiger partial charge >= 0.3 is 0 Å². The van der Waals surface area contributed by atoms with Crippen LogP contribution in [-0.2, 0) is 20.9 Å². The second-order valence-electron chi connectivity index (χ2n) is 12.5. The molecule has 2 aliphatic heterocycles. The SMILES string of the molecule is O=C1CCC(n2ncc3c(-c4cnn(CC5CCC(n6cc(-c7cn[nH]c7N7CCOCC7)cn6)CC5)c4)c(F)ccc32)C(=O)N1. The number of fused-ring (bicyclic) bond motifs is 1. The molecule has 14 heteroatoms. The minimum absolute atomic E-state index is 0.241. The van der Waals surface area contributed by atoms with Gasteiger partial charge in [-0.3, -0.25) is 34.0 Å². The number of piperidine rings is 1. The Kier molecular flexibility index (Phi) is 7.35. The highest BCUT2D eigenvalue weighted by molar-refractivity contribution is 6.01. The van der Waals surface area contributed by atoms with Gasteiger partial charge < -0.3 is 9.64 Å². The molecule has 1 unspecified atom stereocenters. The van der Waals surface area contributed by atoms with Gasteiger partial charge in [-0.25, -0.2) is 4.39 Å². The number of carbonyl (C=O) groups is 2. The Balaban J connectivity index is 0.927. The molecule has 4 aromatic heterocycles. The number of imide groups is 1. The third-order valence-electron chi connectivity index (χ3n) is 9.65. The smallest absolute Gasteiger partial charge is 0.251 e. The number of aromatic nitrogens is 8. The highest BCUT2D eigenvalue weighted by Gasteiger charge is 2.31. The van der Waals surface area contributed by atoms with E-state index in [0.29, 0.717) is 53.6 Å². The second-order valence-corrected chi connectivity index (χ2v) is 12.5. The highest BCUT2D eigenvalue weighted by atomic mass is 19.1. The van der Waals surface area contributed by atoms with Crippen molar-refractivity contribution in [2.45, 2.75) is 57.2 Å². The number of amides is 2. The van der Waals surface area contributed by atoms with Crippen molar-refractivity contribution in [2.75, 3.05) is 31.2 Å². The van der Waals surface area contributed by atoms with Gasteiger partial charge in [0.15, 0.2) is 0 Å². The highest BCUT2D eigenvalue weighted by Crippen LogP contribution is 2.37. The van der Waals surface area contributed by atoms with Gasteiger partial charge in [0.25, 0.3) is 5.91 Å². The Morgan fingerprint density at radius 2 is 1.74 bits per heavy atom. The molecule has 6 heterocycles. The van der Waals surface area contributed by atoms with E-state index in [1.165, 1.54) is 6.07 Å². The number of nitrogens with zero attached hydrogens (tertiary/aromatic N) is 8. The fourth-order valence-corrected chi connectivity index (χ4v) is 7.20. The lowest BCUT2D eigenvalue weighted by atomic mass is 9.86. The first kappa shape index (κ1) is 28.6. The van der Waals surface area contributed by atoms with Gasteiger partial charge in [0.05, 0.1) is 49.6 Å². The maximum atomic E-state index is 15.2. The molecule has 13 nitrogen and oxygen atoms in total. The van der Waals surface area contributed by atoms with Crippen molar-refractivity contribution >= 4 is 28.5 Å². The van der Waals surface area contributed by atoms with Crippen molar-refractivity contribution in [1.82, 2.24) is 44.9 Å². The number of anilines is 1. The third-order valence-corrected chi connectivity index (χ3v) is 9.65. The average molecular weight is 627 g/mol. The summed E-state index contributed by atoms with van der Waals surface area (Å²) in [6.07, 6.45) is 15.8. The quantitative estimate of drug-likeness (QED) is 0.260. The maximum absolute atomic E-state index is 15.2. The van der Waals surface area contributed by atoms with Crippen molar-refractivity contribution in [3.8, 4) is 22.3 Å². The van der Waals surface area contributed by atoms with E-state index in [2.05, 4.69) is 41.5 Å². The molecule has 3 fully saturated rings. The van der Waals surface area contributed by atoms with E-state index < -0.39 is 11.9 Å². The molecule has 238 valence electrons. The number of ether oxygens (including phenoxy) is 1. The molecule has 0 spiro atoms. The van der Waals surface area contributed by atoms with Crippen LogP contribution in [0.3, 0.4) is 0 Å². The zero-order valence-corrected chi connectivity index (χ0v) is 25.3. The minimum Gasteiger partial charge on any atom is -0.378 e. The monoisotopic (exact) mass is 626 g/mol. The van der Waals surface area contributed by atoms with Crippen LogP contribution in [0.2, 0.25) is 0 Å². The fraction of sp³-hybridized carbons (Fsp3) is 0.438. The van der Waals surface area contributed by atoms with E-state index in [1.54, 1.807) is 23.1 Å². The zero-order chi connectivity index (χ0) is 31.2. The number of rotatable bonds is 7. The largest absolute Gasteiger partial charge is 0.378 e. The van der Waals surface area contributed by atoms with Crippen molar-refractivity contribution < 1.29 is 18.7 Å². The van der Waals surface area contributed by atoms with Crippen LogP contribution in [0.25, 0.3) is 33.2 Å². The van der Waals surface area contributed by atoms with Crippen molar-refractivity contribution in [3.63, 3.8) is 0 Å². The molecule has 1 aliphatic carbocycles. The first-order valence-electron chi connectivity index (χ1n) is 15.9. The topological polar surface area (TPSA) is 141 Å². The number of H-pyrrole nitrogens is 1. The lowest BCUT2D eigenvalue weighted by Gasteiger charge is -2.28. The summed E-state index contributed by atoms with van der Waals surface area (Å²) in [5.74, 6) is 0.422. The zero-order valence-electron chi connectivity index (χ0n) is 25.3. The van der Waals surface area contributed by atoms with E-state index >= 15 is 4.39 Å². The molecule has 46 heavy (non-hydrogen) atoms. The summed E-state index contributed by atoms with van der Waals surface area (Å²) in [6.45, 7) is 3.86. The molecule has 1 aromatic carbocycles. The van der Waals surface area contributed by atoms with E-state index in [4.69, 9.17) is 9.84 Å². The molecule has 3 aliphatic rings. The first-order chi connectivity index (χ1) is 22.5. The fourth-order valence-electron chi connectivity index (χ4n) is 7.20. The summed E-state index contributed by atoms with van der Waals surface area (Å²) < 4.78 is 26.3. The Hall–Kier alpha value is -4.85. The van der Waals surface area contributed by atoms with Gasteiger partial charge in [-0.15, -0.1) is 0 Å². The normalized spacial score (nSPS) is 22.5. The molecule has 8 rings (SSSR count).